The molecule has 3 nitrogen and oxygen atoms in total. The average molecular weight is 279 g/mol. The van der Waals surface area contributed by atoms with E-state index in [0.717, 1.165) is 18.5 Å². The molecule has 2 aliphatic rings. The van der Waals surface area contributed by atoms with E-state index in [1.807, 2.05) is 11.3 Å². The first-order chi connectivity index (χ1) is 9.04. The average Bonchev–Trinajstić information content (AvgIpc) is 2.96. The van der Waals surface area contributed by atoms with E-state index in [-0.39, 0.29) is 5.41 Å². The van der Waals surface area contributed by atoms with Crippen molar-refractivity contribution in [2.45, 2.75) is 51.6 Å². The number of nitrogens with zero attached hydrogens (tertiary/aromatic N) is 2. The molecule has 0 aliphatic carbocycles. The number of thiazole rings is 1. The monoisotopic (exact) mass is 279 g/mol. The molecule has 0 aromatic carbocycles. The molecule has 1 aromatic heterocycles. The van der Waals surface area contributed by atoms with Crippen LogP contribution in [0.3, 0.4) is 0 Å². The smallest absolute Gasteiger partial charge is 0.107 e. The Balaban J connectivity index is 1.69. The molecule has 2 saturated heterocycles. The van der Waals surface area contributed by atoms with Crippen molar-refractivity contribution >= 4 is 11.3 Å². The minimum Gasteiger partial charge on any atom is -0.315 e. The molecule has 3 heterocycles. The van der Waals surface area contributed by atoms with E-state index >= 15 is 0 Å². The summed E-state index contributed by atoms with van der Waals surface area (Å²) in [6.07, 6.45) is 2.75. The summed E-state index contributed by atoms with van der Waals surface area (Å²) < 4.78 is 0. The molecule has 2 fully saturated rings. The molecule has 0 spiro atoms. The summed E-state index contributed by atoms with van der Waals surface area (Å²) in [5, 5.41) is 7.08. The maximum Gasteiger partial charge on any atom is 0.107 e. The largest absolute Gasteiger partial charge is 0.315 e. The minimum atomic E-state index is 0.175. The molecule has 2 unspecified atom stereocenters. The Kier molecular flexibility index (Phi) is 3.67. The Hall–Kier alpha value is -0.450. The van der Waals surface area contributed by atoms with Gasteiger partial charge in [0.05, 0.1) is 12.2 Å². The predicted molar refractivity (Wildman–Crippen MR) is 80.6 cm³/mol. The molecule has 1 aromatic rings. The number of hydrogen-bond donors (Lipinski definition) is 1. The van der Waals surface area contributed by atoms with Crippen molar-refractivity contribution < 1.29 is 0 Å². The number of fused-ring (bicyclic) bond motifs is 1. The van der Waals surface area contributed by atoms with Crippen molar-refractivity contribution in [2.24, 2.45) is 5.92 Å². The van der Waals surface area contributed by atoms with E-state index in [2.05, 4.69) is 36.4 Å². The van der Waals surface area contributed by atoms with Crippen LogP contribution in [0.2, 0.25) is 0 Å². The highest BCUT2D eigenvalue weighted by atomic mass is 32.1. The topological polar surface area (TPSA) is 28.2 Å². The fraction of sp³-hybridized carbons (Fsp3) is 0.800. The number of piperidine rings is 1. The lowest BCUT2D eigenvalue weighted by molar-refractivity contribution is 0.117. The Labute approximate surface area is 120 Å². The highest BCUT2D eigenvalue weighted by molar-refractivity contribution is 7.09. The van der Waals surface area contributed by atoms with Crippen LogP contribution in [-0.4, -0.2) is 35.6 Å². The SMILES string of the molecule is CC(C)(C)c1csc(CN2CCCC3CNCC32)n1. The van der Waals surface area contributed by atoms with Crippen molar-refractivity contribution in [3.63, 3.8) is 0 Å². The quantitative estimate of drug-likeness (QED) is 0.902. The number of hydrogen-bond acceptors (Lipinski definition) is 4. The highest BCUT2D eigenvalue weighted by Crippen LogP contribution is 2.29. The number of nitrogens with one attached hydrogen (secondary N) is 1. The summed E-state index contributed by atoms with van der Waals surface area (Å²) in [5.41, 5.74) is 1.42. The van der Waals surface area contributed by atoms with Gasteiger partial charge in [0.1, 0.15) is 5.01 Å². The summed E-state index contributed by atoms with van der Waals surface area (Å²) in [6.45, 7) is 11.4. The fourth-order valence-electron chi connectivity index (χ4n) is 3.26. The Morgan fingerprint density at radius 2 is 2.26 bits per heavy atom. The molecule has 2 atom stereocenters. The second-order valence-electron chi connectivity index (χ2n) is 6.97. The van der Waals surface area contributed by atoms with Gasteiger partial charge < -0.3 is 5.32 Å². The maximum absolute atomic E-state index is 4.85. The highest BCUT2D eigenvalue weighted by Gasteiger charge is 2.35. The molecular formula is C15H25N3S. The van der Waals surface area contributed by atoms with Crippen molar-refractivity contribution in [3.8, 4) is 0 Å². The van der Waals surface area contributed by atoms with E-state index < -0.39 is 0 Å². The summed E-state index contributed by atoms with van der Waals surface area (Å²) in [5.74, 6) is 0.871. The normalized spacial score (nSPS) is 28.6. The van der Waals surface area contributed by atoms with E-state index in [1.165, 1.54) is 43.2 Å². The number of aromatic nitrogens is 1. The van der Waals surface area contributed by atoms with Gasteiger partial charge in [0.2, 0.25) is 0 Å². The van der Waals surface area contributed by atoms with Crippen molar-refractivity contribution in [1.82, 2.24) is 15.2 Å². The molecule has 4 heteroatoms. The lowest BCUT2D eigenvalue weighted by atomic mass is 9.92. The first-order valence-electron chi connectivity index (χ1n) is 7.44. The molecule has 106 valence electrons. The van der Waals surface area contributed by atoms with E-state index in [9.17, 15) is 0 Å². The zero-order valence-electron chi connectivity index (χ0n) is 12.3. The maximum atomic E-state index is 4.85. The third kappa shape index (κ3) is 2.86. The Morgan fingerprint density at radius 1 is 1.42 bits per heavy atom. The van der Waals surface area contributed by atoms with Gasteiger partial charge in [0, 0.05) is 23.4 Å². The van der Waals surface area contributed by atoms with Gasteiger partial charge in [-0.15, -0.1) is 11.3 Å². The van der Waals surface area contributed by atoms with Crippen LogP contribution < -0.4 is 5.32 Å². The van der Waals surface area contributed by atoms with Gasteiger partial charge in [-0.2, -0.15) is 0 Å². The summed E-state index contributed by atoms with van der Waals surface area (Å²) in [4.78, 5) is 7.50. The molecule has 19 heavy (non-hydrogen) atoms. The summed E-state index contributed by atoms with van der Waals surface area (Å²) >= 11 is 1.83. The van der Waals surface area contributed by atoms with Crippen molar-refractivity contribution in [1.29, 1.82) is 0 Å². The van der Waals surface area contributed by atoms with Gasteiger partial charge >= 0.3 is 0 Å². The first-order valence-corrected chi connectivity index (χ1v) is 8.31. The number of likely N-dealkylation sites (tertiary alicyclic amines) is 1. The van der Waals surface area contributed by atoms with Gasteiger partial charge in [-0.25, -0.2) is 4.98 Å². The van der Waals surface area contributed by atoms with Crippen LogP contribution in [0, 0.1) is 5.92 Å². The minimum absolute atomic E-state index is 0.175. The standard InChI is InChI=1S/C15H25N3S/c1-15(2,3)13-10-19-14(17-13)9-18-6-4-5-11-7-16-8-12(11)18/h10-12,16H,4-9H2,1-3H3. The van der Waals surface area contributed by atoms with Crippen LogP contribution in [-0.2, 0) is 12.0 Å². The van der Waals surface area contributed by atoms with Crippen molar-refractivity contribution in [3.05, 3.63) is 16.1 Å². The zero-order chi connectivity index (χ0) is 13.5. The third-order valence-electron chi connectivity index (χ3n) is 4.45. The van der Waals surface area contributed by atoms with Crippen LogP contribution >= 0.6 is 11.3 Å². The predicted octanol–water partition coefficient (Wildman–Crippen LogP) is 2.62. The van der Waals surface area contributed by atoms with Gasteiger partial charge in [-0.05, 0) is 31.8 Å². The molecule has 3 rings (SSSR count). The van der Waals surface area contributed by atoms with Gasteiger partial charge in [-0.1, -0.05) is 20.8 Å². The van der Waals surface area contributed by atoms with Crippen LogP contribution in [0.4, 0.5) is 0 Å². The van der Waals surface area contributed by atoms with E-state index in [4.69, 9.17) is 4.98 Å². The zero-order valence-corrected chi connectivity index (χ0v) is 13.1. The van der Waals surface area contributed by atoms with Crippen LogP contribution in [0.5, 0.6) is 0 Å². The Bertz CT molecular complexity index is 435. The summed E-state index contributed by atoms with van der Waals surface area (Å²) in [6, 6.07) is 0.746. The van der Waals surface area contributed by atoms with Crippen LogP contribution in [0.15, 0.2) is 5.38 Å². The van der Waals surface area contributed by atoms with E-state index in [0.29, 0.717) is 0 Å². The molecule has 0 amide bonds. The lowest BCUT2D eigenvalue weighted by Crippen LogP contribution is -2.44. The third-order valence-corrected chi connectivity index (χ3v) is 5.29. The van der Waals surface area contributed by atoms with Crippen molar-refractivity contribution in [2.75, 3.05) is 19.6 Å². The molecule has 1 N–H and O–H groups in total. The molecule has 0 bridgehead atoms. The second-order valence-corrected chi connectivity index (χ2v) is 7.92. The van der Waals surface area contributed by atoms with Crippen LogP contribution in [0.1, 0.15) is 44.3 Å². The van der Waals surface area contributed by atoms with Gasteiger partial charge in [-0.3, -0.25) is 4.90 Å². The van der Waals surface area contributed by atoms with Gasteiger partial charge in [0.15, 0.2) is 0 Å². The second kappa shape index (κ2) is 5.15. The fourth-order valence-corrected chi connectivity index (χ4v) is 4.31. The number of rotatable bonds is 2. The first kappa shape index (κ1) is 13.5. The molecule has 0 saturated carbocycles. The van der Waals surface area contributed by atoms with E-state index in [1.54, 1.807) is 0 Å². The summed E-state index contributed by atoms with van der Waals surface area (Å²) in [7, 11) is 0. The molecule has 2 aliphatic heterocycles. The van der Waals surface area contributed by atoms with Gasteiger partial charge in [0.25, 0.3) is 0 Å². The Morgan fingerprint density at radius 3 is 3.00 bits per heavy atom. The lowest BCUT2D eigenvalue weighted by Gasteiger charge is -2.36. The molecule has 0 radical (unpaired) electrons. The van der Waals surface area contributed by atoms with Crippen LogP contribution in [0.25, 0.3) is 0 Å². The molecular weight excluding hydrogens is 254 g/mol.